The first kappa shape index (κ1) is 40.1. The van der Waals surface area contributed by atoms with Crippen molar-refractivity contribution in [1.82, 2.24) is 0 Å². The van der Waals surface area contributed by atoms with E-state index < -0.39 is 0 Å². The summed E-state index contributed by atoms with van der Waals surface area (Å²) in [6.45, 7) is 8.10. The van der Waals surface area contributed by atoms with E-state index in [1.807, 2.05) is 0 Å². The molecule has 0 heterocycles. The van der Waals surface area contributed by atoms with Crippen LogP contribution in [0.2, 0.25) is 0 Å². The molecule has 0 amide bonds. The quantitative estimate of drug-likeness (QED) is 0.0765. The van der Waals surface area contributed by atoms with Gasteiger partial charge in [0, 0.05) is 31.7 Å². The fourth-order valence-corrected chi connectivity index (χ4v) is 5.01. The molecule has 0 saturated carbocycles. The summed E-state index contributed by atoms with van der Waals surface area (Å²) < 4.78 is 12.1. The van der Waals surface area contributed by atoms with E-state index >= 15 is 0 Å². The van der Waals surface area contributed by atoms with Crippen LogP contribution in [-0.4, -0.2) is 13.2 Å². The second kappa shape index (κ2) is 32.5. The maximum Gasteiger partial charge on any atom is 0.123 e. The maximum atomic E-state index is 6.06. The third kappa shape index (κ3) is 28.3. The van der Waals surface area contributed by atoms with Crippen LogP contribution in [-0.2, 0) is 0 Å². The van der Waals surface area contributed by atoms with Crippen molar-refractivity contribution < 1.29 is 9.47 Å². The molecule has 0 radical (unpaired) electrons. The molecular weight excluding hydrogens is 548 g/mol. The molecule has 0 aromatic heterocycles. The number of benzene rings is 1. The number of hydrogen-bond donors (Lipinski definition) is 0. The van der Waals surface area contributed by atoms with Gasteiger partial charge in [-0.2, -0.15) is 0 Å². The van der Waals surface area contributed by atoms with Crippen LogP contribution in [0.4, 0.5) is 0 Å². The molecule has 0 aliphatic heterocycles. The molecule has 0 spiro atoms. The van der Waals surface area contributed by atoms with Gasteiger partial charge in [-0.3, -0.25) is 0 Å². The van der Waals surface area contributed by atoms with E-state index in [1.165, 1.54) is 121 Å². The Balaban J connectivity index is 1.99. The van der Waals surface area contributed by atoms with Gasteiger partial charge in [0.1, 0.15) is 11.5 Å². The molecule has 1 aromatic rings. The standard InChI is InChI=1S/C43H64O2/c1-4-6-8-10-12-14-16-18-20-22-24-26-28-30-32-34-36-44-42-38-41(3)39-43(40-42)45-37-35-33-31-29-27-25-23-21-19-17-15-13-11-9-7-5-2/h38-40H,4-11,20-37H2,1-3H3. The zero-order valence-corrected chi connectivity index (χ0v) is 29.4. The zero-order chi connectivity index (χ0) is 32.3. The summed E-state index contributed by atoms with van der Waals surface area (Å²) in [5.41, 5.74) is 1.19. The van der Waals surface area contributed by atoms with Crippen molar-refractivity contribution in [3.8, 4) is 58.9 Å². The fraction of sp³-hybridized carbons (Fsp3) is 0.674. The van der Waals surface area contributed by atoms with Gasteiger partial charge in [-0.25, -0.2) is 0 Å². The van der Waals surface area contributed by atoms with Gasteiger partial charge in [0.05, 0.1) is 13.2 Å². The van der Waals surface area contributed by atoms with Crippen molar-refractivity contribution in [2.45, 2.75) is 175 Å². The Labute approximate surface area is 279 Å². The largest absolute Gasteiger partial charge is 0.493 e. The average molecular weight is 613 g/mol. The van der Waals surface area contributed by atoms with Crippen LogP contribution in [0.5, 0.6) is 11.5 Å². The van der Waals surface area contributed by atoms with E-state index in [-0.39, 0.29) is 0 Å². The van der Waals surface area contributed by atoms with Crippen molar-refractivity contribution in [3.63, 3.8) is 0 Å². The first-order chi connectivity index (χ1) is 22.3. The normalized spacial score (nSPS) is 9.93. The summed E-state index contributed by atoms with van der Waals surface area (Å²) in [7, 11) is 0. The average Bonchev–Trinajstić information content (AvgIpc) is 3.03. The SMILES string of the molecule is CCCCCC#CC#CCCCCCCCCCOc1cc(C)cc(OCCCCCCCCCC#CC#CCCCCC)c1. The Hall–Kier alpha value is -2.94. The summed E-state index contributed by atoms with van der Waals surface area (Å²) in [4.78, 5) is 0. The molecule has 0 unspecified atom stereocenters. The van der Waals surface area contributed by atoms with E-state index in [2.05, 4.69) is 86.3 Å². The maximum absolute atomic E-state index is 6.06. The van der Waals surface area contributed by atoms with Gasteiger partial charge in [-0.1, -0.05) is 127 Å². The molecule has 0 fully saturated rings. The summed E-state index contributed by atoms with van der Waals surface area (Å²) in [6, 6.07) is 6.28. The highest BCUT2D eigenvalue weighted by molar-refractivity contribution is 5.37. The lowest BCUT2D eigenvalue weighted by molar-refractivity contribution is 0.289. The summed E-state index contributed by atoms with van der Waals surface area (Å²) >= 11 is 0. The molecule has 0 aliphatic carbocycles. The Morgan fingerprint density at radius 1 is 0.400 bits per heavy atom. The van der Waals surface area contributed by atoms with Crippen LogP contribution in [0.1, 0.15) is 174 Å². The summed E-state index contributed by atoms with van der Waals surface area (Å²) in [6.07, 6.45) is 28.8. The fourth-order valence-electron chi connectivity index (χ4n) is 5.01. The predicted octanol–water partition coefficient (Wildman–Crippen LogP) is 12.2. The Kier molecular flexibility index (Phi) is 28.9. The highest BCUT2D eigenvalue weighted by Gasteiger charge is 2.02. The van der Waals surface area contributed by atoms with Crippen molar-refractivity contribution in [2.75, 3.05) is 13.2 Å². The molecule has 0 atom stereocenters. The van der Waals surface area contributed by atoms with Crippen LogP contribution in [0, 0.1) is 54.3 Å². The van der Waals surface area contributed by atoms with Gasteiger partial charge in [0.2, 0.25) is 0 Å². The highest BCUT2D eigenvalue weighted by Crippen LogP contribution is 2.23. The van der Waals surface area contributed by atoms with Crippen molar-refractivity contribution in [3.05, 3.63) is 23.8 Å². The van der Waals surface area contributed by atoms with Crippen LogP contribution < -0.4 is 9.47 Å². The van der Waals surface area contributed by atoms with E-state index in [0.29, 0.717) is 0 Å². The molecule has 0 aliphatic rings. The summed E-state index contributed by atoms with van der Waals surface area (Å²) in [5, 5.41) is 0. The van der Waals surface area contributed by atoms with E-state index in [9.17, 15) is 0 Å². The van der Waals surface area contributed by atoms with E-state index in [4.69, 9.17) is 9.47 Å². The van der Waals surface area contributed by atoms with Crippen LogP contribution in [0.3, 0.4) is 0 Å². The van der Waals surface area contributed by atoms with Crippen molar-refractivity contribution in [1.29, 1.82) is 0 Å². The minimum absolute atomic E-state index is 0.776. The highest BCUT2D eigenvalue weighted by atomic mass is 16.5. The first-order valence-electron chi connectivity index (χ1n) is 18.5. The van der Waals surface area contributed by atoms with Gasteiger partial charge < -0.3 is 9.47 Å². The molecule has 1 aromatic carbocycles. The topological polar surface area (TPSA) is 18.5 Å². The Morgan fingerprint density at radius 3 is 1.07 bits per heavy atom. The Bertz CT molecular complexity index is 1000. The van der Waals surface area contributed by atoms with Gasteiger partial charge >= 0.3 is 0 Å². The minimum atomic E-state index is 0.776. The lowest BCUT2D eigenvalue weighted by atomic mass is 10.1. The smallest absolute Gasteiger partial charge is 0.123 e. The molecule has 2 heteroatoms. The molecule has 2 nitrogen and oxygen atoms in total. The Morgan fingerprint density at radius 2 is 0.711 bits per heavy atom. The molecule has 0 bridgehead atoms. The lowest BCUT2D eigenvalue weighted by Crippen LogP contribution is -2.00. The number of rotatable bonds is 26. The van der Waals surface area contributed by atoms with Crippen LogP contribution in [0.15, 0.2) is 18.2 Å². The minimum Gasteiger partial charge on any atom is -0.493 e. The van der Waals surface area contributed by atoms with Crippen LogP contribution in [0.25, 0.3) is 0 Å². The molecule has 45 heavy (non-hydrogen) atoms. The van der Waals surface area contributed by atoms with Crippen LogP contribution >= 0.6 is 0 Å². The van der Waals surface area contributed by atoms with Crippen molar-refractivity contribution >= 4 is 0 Å². The molecule has 0 N–H and O–H groups in total. The molecular formula is C43H64O2. The monoisotopic (exact) mass is 612 g/mol. The van der Waals surface area contributed by atoms with E-state index in [0.717, 1.165) is 63.2 Å². The predicted molar refractivity (Wildman–Crippen MR) is 195 cm³/mol. The number of unbranched alkanes of at least 4 members (excludes halogenated alkanes) is 20. The molecule has 248 valence electrons. The third-order valence-electron chi connectivity index (χ3n) is 7.74. The number of hydrogen-bond acceptors (Lipinski definition) is 2. The molecule has 0 saturated heterocycles. The second-order valence-corrected chi connectivity index (χ2v) is 12.2. The second-order valence-electron chi connectivity index (χ2n) is 12.2. The molecule has 1 rings (SSSR count). The van der Waals surface area contributed by atoms with Gasteiger partial charge in [0.25, 0.3) is 0 Å². The van der Waals surface area contributed by atoms with Gasteiger partial charge in [-0.15, -0.1) is 0 Å². The van der Waals surface area contributed by atoms with E-state index in [1.54, 1.807) is 0 Å². The van der Waals surface area contributed by atoms with Crippen molar-refractivity contribution in [2.24, 2.45) is 0 Å². The number of aryl methyl sites for hydroxylation is 1. The zero-order valence-electron chi connectivity index (χ0n) is 29.4. The first-order valence-corrected chi connectivity index (χ1v) is 18.5. The number of ether oxygens (including phenoxy) is 2. The summed E-state index contributed by atoms with van der Waals surface area (Å²) in [5.74, 6) is 26.6. The van der Waals surface area contributed by atoms with Gasteiger partial charge in [-0.05, 0) is 86.8 Å². The van der Waals surface area contributed by atoms with Gasteiger partial charge in [0.15, 0.2) is 0 Å². The third-order valence-corrected chi connectivity index (χ3v) is 7.74. The lowest BCUT2D eigenvalue weighted by Gasteiger charge is -2.11.